The van der Waals surface area contributed by atoms with Crippen LogP contribution in [0.25, 0.3) is 40.1 Å². The molecule has 1 fully saturated rings. The minimum Gasteiger partial charge on any atom is -0.369 e. The molecule has 1 aromatic carbocycles. The Morgan fingerprint density at radius 3 is 2.38 bits per heavy atom. The molecular weight excluding hydrogens is 444 g/mol. The number of rotatable bonds is 5. The largest absolute Gasteiger partial charge is 0.369 e. The summed E-state index contributed by atoms with van der Waals surface area (Å²) in [7, 11) is 0. The molecule has 34 heavy (non-hydrogen) atoms. The van der Waals surface area contributed by atoms with E-state index >= 15 is 0 Å². The predicted octanol–water partition coefficient (Wildman–Crippen LogP) is 5.83. The van der Waals surface area contributed by atoms with E-state index in [0.717, 1.165) is 59.6 Å². The van der Waals surface area contributed by atoms with Gasteiger partial charge in [-0.1, -0.05) is 56.8 Å². The molecule has 0 aliphatic carbocycles. The SMILES string of the molecule is C=Cc1nc(Cl)cc(-c2cnn3cc(-c4ccc(N5CCNCC5)cc4)cnc23)c1C=C.CC. The number of piperazine rings is 1. The van der Waals surface area contributed by atoms with Crippen LogP contribution in [0.2, 0.25) is 5.15 Å². The fourth-order valence-corrected chi connectivity index (χ4v) is 4.34. The molecule has 6 nitrogen and oxygen atoms in total. The minimum atomic E-state index is 0.390. The van der Waals surface area contributed by atoms with Crippen LogP contribution in [0.15, 0.2) is 62.1 Å². The average Bonchev–Trinajstić information content (AvgIpc) is 3.33. The zero-order valence-corrected chi connectivity index (χ0v) is 20.4. The molecule has 0 unspecified atom stereocenters. The Labute approximate surface area is 205 Å². The molecule has 0 atom stereocenters. The maximum Gasteiger partial charge on any atom is 0.162 e. The molecule has 4 heterocycles. The Bertz CT molecular complexity index is 1300. The van der Waals surface area contributed by atoms with Crippen LogP contribution in [0.3, 0.4) is 0 Å². The van der Waals surface area contributed by atoms with Gasteiger partial charge in [0, 0.05) is 61.0 Å². The van der Waals surface area contributed by atoms with Crippen LogP contribution in [0.5, 0.6) is 0 Å². The highest BCUT2D eigenvalue weighted by molar-refractivity contribution is 6.29. The molecule has 1 N–H and O–H groups in total. The lowest BCUT2D eigenvalue weighted by atomic mass is 10.0. The number of anilines is 1. The lowest BCUT2D eigenvalue weighted by molar-refractivity contribution is 0.589. The van der Waals surface area contributed by atoms with E-state index in [1.807, 2.05) is 32.3 Å². The Hall–Kier alpha value is -3.48. The van der Waals surface area contributed by atoms with Crippen molar-refractivity contribution in [2.24, 2.45) is 0 Å². The monoisotopic (exact) mass is 472 g/mol. The summed E-state index contributed by atoms with van der Waals surface area (Å²) in [6.07, 6.45) is 9.11. The summed E-state index contributed by atoms with van der Waals surface area (Å²) in [5.74, 6) is 0. The van der Waals surface area contributed by atoms with Crippen LogP contribution in [-0.2, 0) is 0 Å². The smallest absolute Gasteiger partial charge is 0.162 e. The van der Waals surface area contributed by atoms with Gasteiger partial charge in [0.25, 0.3) is 0 Å². The fourth-order valence-electron chi connectivity index (χ4n) is 4.14. The molecule has 1 aliphatic heterocycles. The molecule has 4 aromatic rings. The number of aromatic nitrogens is 4. The number of hydrogen-bond donors (Lipinski definition) is 1. The molecule has 3 aromatic heterocycles. The second-order valence-corrected chi connectivity index (χ2v) is 8.04. The predicted molar refractivity (Wildman–Crippen MR) is 143 cm³/mol. The molecule has 0 bridgehead atoms. The highest BCUT2D eigenvalue weighted by atomic mass is 35.5. The standard InChI is InChI=1S/C25H23ClN6.C2H6/c1-3-20-21(13-24(26)30-23(20)4-2)22-15-29-32-16-18(14-28-25(22)32)17-5-7-19(8-6-17)31-11-9-27-10-12-31;1-2/h3-8,13-16,27H,1-2,9-12H2;1-2H3. The van der Waals surface area contributed by atoms with Crippen molar-refractivity contribution in [3.05, 3.63) is 78.5 Å². The molecule has 0 radical (unpaired) electrons. The third kappa shape index (κ3) is 4.60. The van der Waals surface area contributed by atoms with Crippen molar-refractivity contribution in [1.82, 2.24) is 24.9 Å². The molecule has 0 spiro atoms. The molecular formula is C27H29ClN6. The quantitative estimate of drug-likeness (QED) is 0.370. The van der Waals surface area contributed by atoms with E-state index in [2.05, 4.69) is 57.7 Å². The second-order valence-electron chi connectivity index (χ2n) is 7.65. The Morgan fingerprint density at radius 2 is 1.71 bits per heavy atom. The number of pyridine rings is 1. The van der Waals surface area contributed by atoms with Crippen molar-refractivity contribution in [1.29, 1.82) is 0 Å². The lowest BCUT2D eigenvalue weighted by Gasteiger charge is -2.29. The third-order valence-corrected chi connectivity index (χ3v) is 5.98. The van der Waals surface area contributed by atoms with Gasteiger partial charge >= 0.3 is 0 Å². The fraction of sp³-hybridized carbons (Fsp3) is 0.222. The first-order valence-corrected chi connectivity index (χ1v) is 11.9. The van der Waals surface area contributed by atoms with Gasteiger partial charge in [0.05, 0.1) is 11.9 Å². The summed E-state index contributed by atoms with van der Waals surface area (Å²) in [6, 6.07) is 10.4. The Kier molecular flexibility index (Phi) is 7.40. The maximum atomic E-state index is 6.25. The van der Waals surface area contributed by atoms with Gasteiger partial charge in [-0.25, -0.2) is 14.5 Å². The average molecular weight is 473 g/mol. The number of nitrogens with one attached hydrogen (secondary N) is 1. The summed E-state index contributed by atoms with van der Waals surface area (Å²) in [4.78, 5) is 11.5. The molecule has 0 saturated carbocycles. The van der Waals surface area contributed by atoms with E-state index in [1.165, 1.54) is 5.69 Å². The van der Waals surface area contributed by atoms with Gasteiger partial charge in [-0.3, -0.25) is 0 Å². The summed E-state index contributed by atoms with van der Waals surface area (Å²) in [5.41, 5.74) is 7.38. The van der Waals surface area contributed by atoms with Gasteiger partial charge in [-0.15, -0.1) is 0 Å². The van der Waals surface area contributed by atoms with Crippen LogP contribution in [0.1, 0.15) is 25.1 Å². The molecule has 5 rings (SSSR count). The van der Waals surface area contributed by atoms with Crippen molar-refractivity contribution in [3.63, 3.8) is 0 Å². The van der Waals surface area contributed by atoms with Crippen molar-refractivity contribution < 1.29 is 0 Å². The summed E-state index contributed by atoms with van der Waals surface area (Å²) >= 11 is 6.25. The van der Waals surface area contributed by atoms with E-state index in [-0.39, 0.29) is 0 Å². The van der Waals surface area contributed by atoms with Crippen molar-refractivity contribution in [3.8, 4) is 22.3 Å². The van der Waals surface area contributed by atoms with E-state index in [1.54, 1.807) is 22.9 Å². The van der Waals surface area contributed by atoms with Crippen LogP contribution >= 0.6 is 11.6 Å². The first kappa shape index (κ1) is 23.7. The summed E-state index contributed by atoms with van der Waals surface area (Å²) < 4.78 is 1.80. The van der Waals surface area contributed by atoms with Gasteiger partial charge in [-0.05, 0) is 35.4 Å². The highest BCUT2D eigenvalue weighted by Gasteiger charge is 2.16. The first-order chi connectivity index (χ1) is 16.7. The number of fused-ring (bicyclic) bond motifs is 1. The molecule has 7 heteroatoms. The van der Waals surface area contributed by atoms with E-state index < -0.39 is 0 Å². The molecule has 0 amide bonds. The van der Waals surface area contributed by atoms with Crippen LogP contribution in [-0.4, -0.2) is 45.8 Å². The van der Waals surface area contributed by atoms with Gasteiger partial charge in [0.2, 0.25) is 0 Å². The zero-order chi connectivity index (χ0) is 24.1. The number of halogens is 1. The molecule has 174 valence electrons. The van der Waals surface area contributed by atoms with E-state index in [9.17, 15) is 0 Å². The first-order valence-electron chi connectivity index (χ1n) is 11.5. The van der Waals surface area contributed by atoms with Crippen LogP contribution in [0, 0.1) is 0 Å². The lowest BCUT2D eigenvalue weighted by Crippen LogP contribution is -2.43. The van der Waals surface area contributed by atoms with Gasteiger partial charge in [0.15, 0.2) is 5.65 Å². The van der Waals surface area contributed by atoms with Crippen LogP contribution < -0.4 is 10.2 Å². The number of nitrogens with zero attached hydrogens (tertiary/aromatic N) is 5. The Morgan fingerprint density at radius 1 is 0.971 bits per heavy atom. The summed E-state index contributed by atoms with van der Waals surface area (Å²) in [6.45, 7) is 15.9. The third-order valence-electron chi connectivity index (χ3n) is 5.78. The topological polar surface area (TPSA) is 58.4 Å². The van der Waals surface area contributed by atoms with Gasteiger partial charge in [-0.2, -0.15) is 5.10 Å². The minimum absolute atomic E-state index is 0.390. The zero-order valence-electron chi connectivity index (χ0n) is 19.6. The molecule has 1 aliphatic rings. The number of benzene rings is 1. The second kappa shape index (κ2) is 10.6. The normalized spacial score (nSPS) is 13.3. The van der Waals surface area contributed by atoms with E-state index in [0.29, 0.717) is 10.8 Å². The van der Waals surface area contributed by atoms with Crippen LogP contribution in [0.4, 0.5) is 5.69 Å². The van der Waals surface area contributed by atoms with Gasteiger partial charge in [0.1, 0.15) is 5.15 Å². The van der Waals surface area contributed by atoms with Crippen molar-refractivity contribution in [2.75, 3.05) is 31.1 Å². The van der Waals surface area contributed by atoms with E-state index in [4.69, 9.17) is 16.6 Å². The van der Waals surface area contributed by atoms with Crippen molar-refractivity contribution >= 4 is 35.1 Å². The maximum absolute atomic E-state index is 6.25. The van der Waals surface area contributed by atoms with Crippen molar-refractivity contribution in [2.45, 2.75) is 13.8 Å². The summed E-state index contributed by atoms with van der Waals surface area (Å²) in [5, 5.41) is 8.33. The highest BCUT2D eigenvalue weighted by Crippen LogP contribution is 2.32. The Balaban J connectivity index is 0.00000133. The molecule has 1 saturated heterocycles. The number of hydrogen-bond acceptors (Lipinski definition) is 5. The van der Waals surface area contributed by atoms with Gasteiger partial charge < -0.3 is 10.2 Å².